The molecular weight excluding hydrogens is 244 g/mol. The van der Waals surface area contributed by atoms with E-state index in [2.05, 4.69) is 16.8 Å². The fraction of sp³-hybridized carbons (Fsp3) is 0.143. The van der Waals surface area contributed by atoms with Crippen LogP contribution in [-0.4, -0.2) is 27.7 Å². The summed E-state index contributed by atoms with van der Waals surface area (Å²) in [6.07, 6.45) is 3.57. The van der Waals surface area contributed by atoms with Crippen LogP contribution in [0.15, 0.2) is 30.7 Å². The number of aryl methyl sites for hydroxylation is 1. The van der Waals surface area contributed by atoms with E-state index >= 15 is 0 Å². The second-order valence-corrected chi connectivity index (χ2v) is 3.86. The highest BCUT2D eigenvalue weighted by atomic mass is 16.5. The molecule has 0 spiro atoms. The van der Waals surface area contributed by atoms with Crippen molar-refractivity contribution in [2.45, 2.75) is 6.92 Å². The predicted octanol–water partition coefficient (Wildman–Crippen LogP) is 1.63. The van der Waals surface area contributed by atoms with Gasteiger partial charge in [0.1, 0.15) is 5.75 Å². The van der Waals surface area contributed by atoms with E-state index in [0.717, 1.165) is 11.4 Å². The maximum absolute atomic E-state index is 10.4. The highest BCUT2D eigenvalue weighted by molar-refractivity contribution is 5.87. The van der Waals surface area contributed by atoms with Crippen molar-refractivity contribution in [2.75, 3.05) is 7.11 Å². The first-order chi connectivity index (χ1) is 9.10. The molecule has 1 N–H and O–H groups in total. The number of aromatic nitrogens is 2. The van der Waals surface area contributed by atoms with Gasteiger partial charge in [-0.3, -0.25) is 0 Å². The summed E-state index contributed by atoms with van der Waals surface area (Å²) in [6, 6.07) is 5.25. The molecule has 19 heavy (non-hydrogen) atoms. The van der Waals surface area contributed by atoms with Crippen LogP contribution in [0.2, 0.25) is 0 Å². The molecule has 0 radical (unpaired) electrons. The van der Waals surface area contributed by atoms with Crippen LogP contribution >= 0.6 is 0 Å². The number of carboxylic acids is 1. The third-order valence-corrected chi connectivity index (χ3v) is 2.48. The van der Waals surface area contributed by atoms with Crippen molar-refractivity contribution >= 4 is 5.97 Å². The van der Waals surface area contributed by atoms with Crippen molar-refractivity contribution < 1.29 is 14.6 Å². The first-order valence-electron chi connectivity index (χ1n) is 5.54. The average Bonchev–Trinajstić information content (AvgIpc) is 2.82. The fourth-order valence-corrected chi connectivity index (χ4v) is 1.65. The Balaban J connectivity index is 2.43. The topological polar surface area (TPSA) is 64.3 Å². The number of carbonyl (C=O) groups is 1. The zero-order chi connectivity index (χ0) is 13.8. The lowest BCUT2D eigenvalue weighted by atomic mass is 10.2. The van der Waals surface area contributed by atoms with Gasteiger partial charge in [0.25, 0.3) is 0 Å². The molecule has 1 heterocycles. The maximum Gasteiger partial charge on any atom is 0.382 e. The first kappa shape index (κ1) is 12.7. The van der Waals surface area contributed by atoms with Gasteiger partial charge in [0.05, 0.1) is 24.8 Å². The van der Waals surface area contributed by atoms with E-state index in [1.54, 1.807) is 25.6 Å². The Bertz CT molecular complexity index is 677. The van der Waals surface area contributed by atoms with Gasteiger partial charge in [-0.15, -0.1) is 0 Å². The van der Waals surface area contributed by atoms with E-state index in [0.29, 0.717) is 11.3 Å². The van der Waals surface area contributed by atoms with Crippen molar-refractivity contribution in [1.29, 1.82) is 0 Å². The summed E-state index contributed by atoms with van der Waals surface area (Å²) >= 11 is 0. The zero-order valence-corrected chi connectivity index (χ0v) is 10.5. The first-order valence-corrected chi connectivity index (χ1v) is 5.54. The Labute approximate surface area is 110 Å². The van der Waals surface area contributed by atoms with Crippen molar-refractivity contribution in [1.82, 2.24) is 9.55 Å². The SMILES string of the molecule is COc1cc(C#CC(=O)O)ccc1-n1cnc(C)c1. The lowest BCUT2D eigenvalue weighted by Crippen LogP contribution is -1.96. The number of hydrogen-bond donors (Lipinski definition) is 1. The molecule has 0 atom stereocenters. The number of nitrogens with zero attached hydrogens (tertiary/aromatic N) is 2. The molecule has 1 aromatic heterocycles. The van der Waals surface area contributed by atoms with Crippen LogP contribution < -0.4 is 4.74 Å². The Morgan fingerprint density at radius 1 is 1.47 bits per heavy atom. The molecule has 0 aliphatic heterocycles. The minimum Gasteiger partial charge on any atom is -0.495 e. The van der Waals surface area contributed by atoms with Crippen LogP contribution in [0.25, 0.3) is 5.69 Å². The van der Waals surface area contributed by atoms with E-state index in [-0.39, 0.29) is 0 Å². The van der Waals surface area contributed by atoms with Crippen molar-refractivity contribution in [3.05, 3.63) is 42.0 Å². The highest BCUT2D eigenvalue weighted by Gasteiger charge is 2.06. The predicted molar refractivity (Wildman–Crippen MR) is 69.4 cm³/mol. The number of carboxylic acid groups (broad SMARTS) is 1. The zero-order valence-electron chi connectivity index (χ0n) is 10.5. The van der Waals surface area contributed by atoms with E-state index in [4.69, 9.17) is 9.84 Å². The third-order valence-electron chi connectivity index (χ3n) is 2.48. The van der Waals surface area contributed by atoms with Gasteiger partial charge in [0.2, 0.25) is 0 Å². The summed E-state index contributed by atoms with van der Waals surface area (Å²) in [5.74, 6) is 4.06. The number of ether oxygens (including phenoxy) is 1. The lowest BCUT2D eigenvalue weighted by molar-refractivity contribution is -0.130. The van der Waals surface area contributed by atoms with Crippen LogP contribution in [0, 0.1) is 18.8 Å². The normalized spacial score (nSPS) is 9.58. The molecular formula is C14H12N2O3. The van der Waals surface area contributed by atoms with Crippen molar-refractivity contribution in [3.8, 4) is 23.3 Å². The molecule has 96 valence electrons. The van der Waals surface area contributed by atoms with Gasteiger partial charge in [0, 0.05) is 17.7 Å². The number of benzene rings is 1. The molecule has 0 fully saturated rings. The molecule has 0 bridgehead atoms. The molecule has 0 aliphatic carbocycles. The molecule has 0 saturated carbocycles. The van der Waals surface area contributed by atoms with E-state index in [9.17, 15) is 4.79 Å². The minimum atomic E-state index is -1.16. The Hall–Kier alpha value is -2.74. The van der Waals surface area contributed by atoms with Gasteiger partial charge in [-0.1, -0.05) is 5.92 Å². The van der Waals surface area contributed by atoms with Crippen LogP contribution in [0.4, 0.5) is 0 Å². The summed E-state index contributed by atoms with van der Waals surface area (Å²) in [7, 11) is 1.55. The summed E-state index contributed by atoms with van der Waals surface area (Å²) in [5.41, 5.74) is 2.31. The number of aliphatic carboxylic acids is 1. The quantitative estimate of drug-likeness (QED) is 0.829. The highest BCUT2D eigenvalue weighted by Crippen LogP contribution is 2.24. The van der Waals surface area contributed by atoms with E-state index in [1.165, 1.54) is 0 Å². The summed E-state index contributed by atoms with van der Waals surface area (Å²) in [4.78, 5) is 14.6. The molecule has 0 aliphatic rings. The molecule has 0 saturated heterocycles. The lowest BCUT2D eigenvalue weighted by Gasteiger charge is -2.09. The second kappa shape index (κ2) is 5.27. The third kappa shape index (κ3) is 2.93. The molecule has 5 nitrogen and oxygen atoms in total. The Kier molecular flexibility index (Phi) is 3.53. The van der Waals surface area contributed by atoms with Gasteiger partial charge in [-0.25, -0.2) is 9.78 Å². The van der Waals surface area contributed by atoms with Gasteiger partial charge in [0.15, 0.2) is 0 Å². The fourth-order valence-electron chi connectivity index (χ4n) is 1.65. The van der Waals surface area contributed by atoms with E-state index in [1.807, 2.05) is 23.8 Å². The number of hydrogen-bond acceptors (Lipinski definition) is 3. The smallest absolute Gasteiger partial charge is 0.382 e. The van der Waals surface area contributed by atoms with E-state index < -0.39 is 5.97 Å². The summed E-state index contributed by atoms with van der Waals surface area (Å²) < 4.78 is 7.13. The molecule has 0 amide bonds. The Morgan fingerprint density at radius 2 is 2.26 bits per heavy atom. The van der Waals surface area contributed by atoms with Gasteiger partial charge >= 0.3 is 5.97 Å². The largest absolute Gasteiger partial charge is 0.495 e. The van der Waals surface area contributed by atoms with Gasteiger partial charge in [-0.2, -0.15) is 0 Å². The number of methoxy groups -OCH3 is 1. The standard InChI is InChI=1S/C14H12N2O3/c1-10-8-16(9-15-10)12-5-3-11(4-6-14(17)18)7-13(12)19-2/h3,5,7-9H,1-2H3,(H,17,18). The second-order valence-electron chi connectivity index (χ2n) is 3.86. The van der Waals surface area contributed by atoms with Crippen LogP contribution in [0.3, 0.4) is 0 Å². The van der Waals surface area contributed by atoms with Crippen LogP contribution in [-0.2, 0) is 4.79 Å². The van der Waals surface area contributed by atoms with Gasteiger partial charge in [-0.05, 0) is 25.1 Å². The van der Waals surface area contributed by atoms with Crippen LogP contribution in [0.5, 0.6) is 5.75 Å². The average molecular weight is 256 g/mol. The summed E-state index contributed by atoms with van der Waals surface area (Å²) in [6.45, 7) is 1.90. The monoisotopic (exact) mass is 256 g/mol. The number of imidazole rings is 1. The maximum atomic E-state index is 10.4. The summed E-state index contributed by atoms with van der Waals surface area (Å²) in [5, 5.41) is 8.52. The van der Waals surface area contributed by atoms with Crippen molar-refractivity contribution in [2.24, 2.45) is 0 Å². The Morgan fingerprint density at radius 3 is 2.84 bits per heavy atom. The molecule has 5 heteroatoms. The van der Waals surface area contributed by atoms with Crippen LogP contribution in [0.1, 0.15) is 11.3 Å². The molecule has 2 rings (SSSR count). The minimum absolute atomic E-state index is 0.583. The van der Waals surface area contributed by atoms with Gasteiger partial charge < -0.3 is 14.4 Å². The molecule has 2 aromatic rings. The number of rotatable bonds is 2. The molecule has 0 unspecified atom stereocenters. The van der Waals surface area contributed by atoms with Crippen molar-refractivity contribution in [3.63, 3.8) is 0 Å². The molecule has 1 aromatic carbocycles.